The fraction of sp³-hybridized carbons (Fsp3) is 0.615. The van der Waals surface area contributed by atoms with Gasteiger partial charge in [-0.3, -0.25) is 4.31 Å². The van der Waals surface area contributed by atoms with Gasteiger partial charge in [0.1, 0.15) is 0 Å². The van der Waals surface area contributed by atoms with E-state index in [9.17, 15) is 0 Å². The van der Waals surface area contributed by atoms with Crippen LogP contribution in [0.1, 0.15) is 138 Å². The molecule has 4 unspecified atom stereocenters. The third-order valence-corrected chi connectivity index (χ3v) is 12.5. The summed E-state index contributed by atoms with van der Waals surface area (Å²) >= 11 is 1.78. The van der Waals surface area contributed by atoms with Gasteiger partial charge >= 0.3 is 0 Å². The highest BCUT2D eigenvalue weighted by Gasteiger charge is 2.32. The number of nitrogens with one attached hydrogen (secondary N) is 3. The van der Waals surface area contributed by atoms with Crippen LogP contribution < -0.4 is 16.0 Å². The van der Waals surface area contributed by atoms with Gasteiger partial charge in [0.15, 0.2) is 0 Å². The first kappa shape index (κ1) is 53.9. The Morgan fingerprint density at radius 3 is 2.34 bits per heavy atom. The number of unbranched alkanes of at least 4 members (excludes halogenated alkanes) is 4. The summed E-state index contributed by atoms with van der Waals surface area (Å²) in [4.78, 5) is 2.50. The third-order valence-electron chi connectivity index (χ3n) is 11.6. The monoisotopic (exact) mass is 831 g/mol. The molecule has 0 amide bonds. The van der Waals surface area contributed by atoms with Crippen LogP contribution in [-0.4, -0.2) is 71.4 Å². The van der Waals surface area contributed by atoms with Gasteiger partial charge in [-0.15, -0.1) is 13.2 Å². The molecule has 7 heteroatoms. The van der Waals surface area contributed by atoms with Gasteiger partial charge in [0.05, 0.1) is 18.1 Å². The molecule has 0 radical (unpaired) electrons. The van der Waals surface area contributed by atoms with Gasteiger partial charge in [0.25, 0.3) is 0 Å². The maximum atomic E-state index is 4.76. The van der Waals surface area contributed by atoms with Crippen molar-refractivity contribution >= 4 is 22.9 Å². The zero-order chi connectivity index (χ0) is 44.2. The van der Waals surface area contributed by atoms with Crippen molar-refractivity contribution in [1.82, 2.24) is 29.7 Å². The second-order valence-electron chi connectivity index (χ2n) is 16.4. The van der Waals surface area contributed by atoms with E-state index in [0.717, 1.165) is 88.3 Å². The van der Waals surface area contributed by atoms with E-state index in [4.69, 9.17) is 13.2 Å². The number of benzene rings is 1. The zero-order valence-electron chi connectivity index (χ0n) is 39.7. The summed E-state index contributed by atoms with van der Waals surface area (Å²) in [6.07, 6.45) is 22.8. The molecule has 1 fully saturated rings. The molecule has 2 heterocycles. The Labute approximate surface area is 369 Å². The summed E-state index contributed by atoms with van der Waals surface area (Å²) in [5, 5.41) is 12.7. The molecule has 1 aliphatic rings. The number of rotatable bonds is 29. The number of likely N-dealkylation sites (N-methyl/N-ethyl adjacent to an activating group) is 1. The number of allylic oxidation sites excluding steroid dienone is 2. The largest absolute Gasteiger partial charge is 0.384 e. The maximum Gasteiger partial charge on any atom is 0.0680 e. The number of likely N-dealkylation sites (tertiary alicyclic amines) is 1. The predicted octanol–water partition coefficient (Wildman–Crippen LogP) is 13.2. The lowest BCUT2D eigenvalue weighted by atomic mass is 9.91. The topological polar surface area (TPSA) is 47.5 Å². The van der Waals surface area contributed by atoms with Crippen LogP contribution >= 0.6 is 11.9 Å². The Balaban J connectivity index is 0.00000155. The Morgan fingerprint density at radius 2 is 1.69 bits per heavy atom. The van der Waals surface area contributed by atoms with E-state index in [2.05, 4.69) is 134 Å². The van der Waals surface area contributed by atoms with Crippen LogP contribution in [0.5, 0.6) is 0 Å². The van der Waals surface area contributed by atoms with Crippen molar-refractivity contribution in [3.63, 3.8) is 0 Å². The molecule has 1 aromatic carbocycles. The maximum absolute atomic E-state index is 4.76. The summed E-state index contributed by atoms with van der Waals surface area (Å²) in [5.74, 6) is 0.392. The van der Waals surface area contributed by atoms with E-state index in [0.29, 0.717) is 5.92 Å². The molecule has 6 nitrogen and oxygen atoms in total. The van der Waals surface area contributed by atoms with Gasteiger partial charge in [-0.25, -0.2) is 0 Å². The number of piperidine rings is 1. The average Bonchev–Trinajstić information content (AvgIpc) is 3.61. The van der Waals surface area contributed by atoms with Gasteiger partial charge in [0, 0.05) is 60.4 Å². The molecule has 1 aliphatic heterocycles. The van der Waals surface area contributed by atoms with Crippen molar-refractivity contribution in [2.45, 2.75) is 163 Å². The van der Waals surface area contributed by atoms with E-state index in [1.165, 1.54) is 79.0 Å². The minimum Gasteiger partial charge on any atom is -0.384 e. The van der Waals surface area contributed by atoms with Crippen LogP contribution in [0.4, 0.5) is 0 Å². The number of nitrogens with zero attached hydrogens (tertiary/aromatic N) is 3. The number of hydrogen-bond donors (Lipinski definition) is 3. The van der Waals surface area contributed by atoms with Gasteiger partial charge in [-0.05, 0) is 109 Å². The van der Waals surface area contributed by atoms with Gasteiger partial charge < -0.3 is 25.4 Å². The van der Waals surface area contributed by atoms with Gasteiger partial charge in [0.2, 0.25) is 0 Å². The summed E-state index contributed by atoms with van der Waals surface area (Å²) < 4.78 is 4.72. The summed E-state index contributed by atoms with van der Waals surface area (Å²) in [6.45, 7) is 45.6. The first-order valence-corrected chi connectivity index (χ1v) is 24.4. The van der Waals surface area contributed by atoms with Crippen LogP contribution in [-0.2, 0) is 13.0 Å². The molecular formula is C52H90N6S. The molecular weight excluding hydrogens is 741 g/mol. The molecule has 0 bridgehead atoms. The standard InChI is InChI=1S/C42H68N6S.C8H16.C2H6/c1-11-25-43-35(7)40-23-18-20-27-48(40)36(8)42(33(5)13-3)45-34(6)39(44-26-19-14-15-21-32(4)12-2)30-37-31-47(29-28-46(9)49-10)41-24-17-16-22-38(37)41;1-4-5-6-7-8(2)3;1-2/h11,16-17,22,24,31,33,39-40,42-45H,1,4,6-8,12-15,18-21,23,25-30H2,2-3,5,9-10H3;2,4-7H2,1,3H3;1-2H3. The smallest absolute Gasteiger partial charge is 0.0680 e. The third kappa shape index (κ3) is 19.9. The highest BCUT2D eigenvalue weighted by molar-refractivity contribution is 7.96. The number of para-hydroxylation sites is 1. The lowest BCUT2D eigenvalue weighted by Gasteiger charge is -2.44. The molecule has 2 aromatic rings. The molecule has 0 aliphatic carbocycles. The SMILES string of the molecule is C=C(C)CCCCC.C=CCNC(=C)C1CCCCN1C(=C)C(NC(=C)C(Cc1cn(CCN(C)SC)c2ccccc12)NCCCCCC(=C)CC)C(C)CC.CC. The minimum atomic E-state index is 0.0816. The molecule has 1 aromatic heterocycles. The van der Waals surface area contributed by atoms with Crippen molar-refractivity contribution in [2.75, 3.05) is 39.5 Å². The number of fused-ring (bicyclic) bond motifs is 1. The molecule has 3 rings (SSSR count). The quantitative estimate of drug-likeness (QED) is 0.0431. The lowest BCUT2D eigenvalue weighted by molar-refractivity contribution is 0.188. The summed E-state index contributed by atoms with van der Waals surface area (Å²) in [7, 11) is 2.16. The first-order valence-electron chi connectivity index (χ1n) is 23.2. The molecule has 4 atom stereocenters. The van der Waals surface area contributed by atoms with E-state index in [1.54, 1.807) is 11.9 Å². The zero-order valence-corrected chi connectivity index (χ0v) is 40.5. The lowest BCUT2D eigenvalue weighted by Crippen LogP contribution is -2.51. The Bertz CT molecular complexity index is 1520. The second kappa shape index (κ2) is 31.7. The van der Waals surface area contributed by atoms with Gasteiger partial charge in [-0.1, -0.05) is 141 Å². The molecule has 1 saturated heterocycles. The van der Waals surface area contributed by atoms with Gasteiger partial charge in [-0.2, -0.15) is 0 Å². The normalized spacial score (nSPS) is 15.2. The van der Waals surface area contributed by atoms with Crippen molar-refractivity contribution in [3.05, 3.63) is 110 Å². The summed E-state index contributed by atoms with van der Waals surface area (Å²) in [5.41, 5.74) is 8.58. The van der Waals surface area contributed by atoms with Crippen molar-refractivity contribution in [2.24, 2.45) is 5.92 Å². The van der Waals surface area contributed by atoms with Crippen LogP contribution in [0.15, 0.2) is 104 Å². The predicted molar refractivity (Wildman–Crippen MR) is 268 cm³/mol. The second-order valence-corrected chi connectivity index (χ2v) is 17.4. The Hall–Kier alpha value is -3.13. The van der Waals surface area contributed by atoms with E-state index >= 15 is 0 Å². The van der Waals surface area contributed by atoms with Crippen molar-refractivity contribution < 1.29 is 0 Å². The Kier molecular flexibility index (Phi) is 29.0. The van der Waals surface area contributed by atoms with E-state index < -0.39 is 0 Å². The molecule has 334 valence electrons. The highest BCUT2D eigenvalue weighted by atomic mass is 32.2. The fourth-order valence-corrected chi connectivity index (χ4v) is 7.85. The average molecular weight is 831 g/mol. The Morgan fingerprint density at radius 1 is 0.983 bits per heavy atom. The number of hydrogen-bond acceptors (Lipinski definition) is 6. The van der Waals surface area contributed by atoms with Crippen LogP contribution in [0.3, 0.4) is 0 Å². The van der Waals surface area contributed by atoms with E-state index in [-0.39, 0.29) is 18.1 Å². The molecule has 59 heavy (non-hydrogen) atoms. The summed E-state index contributed by atoms with van der Waals surface area (Å²) in [6, 6.07) is 9.25. The van der Waals surface area contributed by atoms with Crippen molar-refractivity contribution in [1.29, 1.82) is 0 Å². The van der Waals surface area contributed by atoms with Crippen LogP contribution in [0.25, 0.3) is 10.9 Å². The molecule has 0 spiro atoms. The molecule has 3 N–H and O–H groups in total. The van der Waals surface area contributed by atoms with E-state index in [1.807, 2.05) is 19.9 Å². The first-order chi connectivity index (χ1) is 28.4. The fourth-order valence-electron chi connectivity index (χ4n) is 7.58. The number of aromatic nitrogens is 1. The highest BCUT2D eigenvalue weighted by Crippen LogP contribution is 2.30. The van der Waals surface area contributed by atoms with Crippen LogP contribution in [0.2, 0.25) is 0 Å². The van der Waals surface area contributed by atoms with Crippen molar-refractivity contribution in [3.8, 4) is 0 Å². The van der Waals surface area contributed by atoms with Crippen LogP contribution in [0, 0.1) is 5.92 Å². The minimum absolute atomic E-state index is 0.0816. The molecule has 0 saturated carbocycles.